The molecule has 4 aromatic carbocycles. The summed E-state index contributed by atoms with van der Waals surface area (Å²) in [5.41, 5.74) is -2.08. The van der Waals surface area contributed by atoms with Crippen molar-refractivity contribution < 1.29 is 49.1 Å². The molecule has 14 nitrogen and oxygen atoms in total. The third kappa shape index (κ3) is 13.5. The van der Waals surface area contributed by atoms with E-state index >= 15 is 0 Å². The van der Waals surface area contributed by atoms with Gasteiger partial charge in [-0.1, -0.05) is 61.4 Å². The van der Waals surface area contributed by atoms with Crippen LogP contribution < -0.4 is 19.7 Å². The number of thioether (sulfide) groups is 1. The highest BCUT2D eigenvalue weighted by atomic mass is 35.5. The van der Waals surface area contributed by atoms with Gasteiger partial charge in [0.2, 0.25) is 0 Å². The molecule has 2 fully saturated rings. The van der Waals surface area contributed by atoms with Crippen molar-refractivity contribution in [2.75, 3.05) is 81.5 Å². The van der Waals surface area contributed by atoms with Gasteiger partial charge in [0.1, 0.15) is 22.9 Å². The molecule has 2 saturated heterocycles. The minimum Gasteiger partial charge on any atom is -0.489 e. The van der Waals surface area contributed by atoms with Gasteiger partial charge in [-0.2, -0.15) is 13.2 Å². The van der Waals surface area contributed by atoms with E-state index < -0.39 is 64.5 Å². The zero-order chi connectivity index (χ0) is 53.2. The average molecular weight is 1100 g/mol. The summed E-state index contributed by atoms with van der Waals surface area (Å²) in [6, 6.07) is 23.7. The van der Waals surface area contributed by atoms with Crippen LogP contribution in [0.15, 0.2) is 111 Å². The van der Waals surface area contributed by atoms with Crippen LogP contribution in [0, 0.1) is 5.41 Å². The highest BCUT2D eigenvalue weighted by Crippen LogP contribution is 2.44. The lowest BCUT2D eigenvalue weighted by atomic mass is 9.72. The first kappa shape index (κ1) is 55.2. The van der Waals surface area contributed by atoms with Gasteiger partial charge in [0.15, 0.2) is 0 Å². The van der Waals surface area contributed by atoms with E-state index in [1.54, 1.807) is 31.7 Å². The normalized spacial score (nSPS) is 19.2. The van der Waals surface area contributed by atoms with Crippen LogP contribution in [-0.4, -0.2) is 138 Å². The summed E-state index contributed by atoms with van der Waals surface area (Å²) in [4.78, 5) is 33.4. The number of ether oxygens (including phenoxy) is 2. The third-order valence-corrected chi connectivity index (χ3v) is 18.0. The van der Waals surface area contributed by atoms with Crippen LogP contribution in [0.2, 0.25) is 5.02 Å². The van der Waals surface area contributed by atoms with Crippen LogP contribution in [0.25, 0.3) is 5.57 Å². The summed E-state index contributed by atoms with van der Waals surface area (Å²) in [5.74, 6) is -0.413. The Balaban J connectivity index is 0.951. The molecule has 3 heterocycles. The second-order valence-corrected chi connectivity index (χ2v) is 26.2. The second-order valence-electron chi connectivity index (χ2n) is 21.1. The van der Waals surface area contributed by atoms with Crippen molar-refractivity contribution in [3.8, 4) is 5.75 Å². The SMILES string of the molecule is CC1(C)CCC(c2ccc(Cl)cc2)=C(CN2CCN3c4ccc(C(=O)NS(=O)(=O)c5ccc(N[C@H](CCN6CCN(C(=O)OC(C)(C)C)CC6)CSc6ccccc6)c(S(=O)(=O)C(F)(F)F)c5)cc4OC[C@@H]3C2)C1. The van der Waals surface area contributed by atoms with E-state index in [0.29, 0.717) is 74.9 Å². The number of amides is 2. The molecule has 8 rings (SSSR count). The molecule has 0 radical (unpaired) electrons. The number of nitrogens with zero attached hydrogens (tertiary/aromatic N) is 4. The van der Waals surface area contributed by atoms with Gasteiger partial charge < -0.3 is 24.6 Å². The van der Waals surface area contributed by atoms with E-state index in [4.69, 9.17) is 21.1 Å². The molecule has 0 spiro atoms. The number of piperazine rings is 2. The van der Waals surface area contributed by atoms with Crippen LogP contribution in [-0.2, 0) is 24.6 Å². The molecule has 0 saturated carbocycles. The fourth-order valence-electron chi connectivity index (χ4n) is 9.88. The Labute approximate surface area is 441 Å². The molecule has 0 unspecified atom stereocenters. The smallest absolute Gasteiger partial charge is 0.489 e. The molecule has 2 N–H and O–H groups in total. The molecule has 21 heteroatoms. The standard InChI is InChI=1S/C53H64ClF3N6O8S3/c1-51(2,3)71-50(65)62-26-23-60(24-27-62)22-20-40(35-72-42-9-7-6-8-10-42)58-45-17-16-43(30-48(45)73(66,67)53(55,56)57)74(68,69)59-49(64)37-13-18-46-47(29-37)70-34-41-33-61(25-28-63(41)46)32-38-31-52(4,5)21-19-44(38)36-11-14-39(54)15-12-36/h6-18,29-30,40-41,58H,19-28,31-35H2,1-5H3,(H,59,64)/t40-,41+/m1/s1. The van der Waals surface area contributed by atoms with Gasteiger partial charge in [-0.3, -0.25) is 14.6 Å². The average Bonchev–Trinajstić information content (AvgIpc) is 3.34. The van der Waals surface area contributed by atoms with Crippen molar-refractivity contribution in [2.24, 2.45) is 5.41 Å². The lowest BCUT2D eigenvalue weighted by Gasteiger charge is -2.46. The maximum Gasteiger partial charge on any atom is 0.501 e. The Kier molecular flexibility index (Phi) is 16.7. The van der Waals surface area contributed by atoms with Crippen LogP contribution in [0.3, 0.4) is 0 Å². The number of rotatable bonds is 15. The van der Waals surface area contributed by atoms with Crippen LogP contribution in [0.5, 0.6) is 5.75 Å². The topological polar surface area (TPSA) is 158 Å². The zero-order valence-electron chi connectivity index (χ0n) is 42.2. The van der Waals surface area contributed by atoms with Gasteiger partial charge in [-0.25, -0.2) is 26.4 Å². The number of alkyl halides is 3. The number of hydrogen-bond donors (Lipinski definition) is 2. The van der Waals surface area contributed by atoms with Gasteiger partial charge in [-0.05, 0) is 124 Å². The lowest BCUT2D eigenvalue weighted by Crippen LogP contribution is -2.57. The Morgan fingerprint density at radius 2 is 1.59 bits per heavy atom. The van der Waals surface area contributed by atoms with E-state index in [0.717, 1.165) is 61.6 Å². The van der Waals surface area contributed by atoms with Crippen LogP contribution in [0.4, 0.5) is 29.3 Å². The van der Waals surface area contributed by atoms with Crippen molar-refractivity contribution in [2.45, 2.75) is 98.2 Å². The van der Waals surface area contributed by atoms with E-state index in [1.807, 2.05) is 47.2 Å². The fourth-order valence-corrected chi connectivity index (χ4v) is 13.0. The Hall–Kier alpha value is -4.99. The first-order valence-corrected chi connectivity index (χ1v) is 29.1. The number of fused-ring (bicyclic) bond motifs is 3. The molecule has 3 aliphatic heterocycles. The number of benzene rings is 4. The number of anilines is 2. The summed E-state index contributed by atoms with van der Waals surface area (Å²) in [5, 5.41) is 3.70. The monoisotopic (exact) mass is 1100 g/mol. The van der Waals surface area contributed by atoms with Gasteiger partial charge in [0.05, 0.1) is 22.3 Å². The number of nitrogens with one attached hydrogen (secondary N) is 2. The molecule has 2 amide bonds. The summed E-state index contributed by atoms with van der Waals surface area (Å²) in [6.07, 6.45) is 3.00. The lowest BCUT2D eigenvalue weighted by molar-refractivity contribution is -0.0436. The first-order valence-electron chi connectivity index (χ1n) is 24.7. The van der Waals surface area contributed by atoms with E-state index in [-0.39, 0.29) is 17.0 Å². The van der Waals surface area contributed by atoms with Gasteiger partial charge >= 0.3 is 11.6 Å². The summed E-state index contributed by atoms with van der Waals surface area (Å²) >= 11 is 7.63. The number of hydrogen-bond acceptors (Lipinski definition) is 13. The van der Waals surface area contributed by atoms with Crippen molar-refractivity contribution in [3.63, 3.8) is 0 Å². The first-order chi connectivity index (χ1) is 34.8. The summed E-state index contributed by atoms with van der Waals surface area (Å²) < 4.78 is 111. The van der Waals surface area contributed by atoms with Gasteiger partial charge in [-0.15, -0.1) is 11.8 Å². The highest BCUT2D eigenvalue weighted by molar-refractivity contribution is 7.99. The molecule has 74 heavy (non-hydrogen) atoms. The summed E-state index contributed by atoms with van der Waals surface area (Å²) in [7, 11) is -11.1. The van der Waals surface area contributed by atoms with Crippen LogP contribution in [0.1, 0.15) is 76.2 Å². The largest absolute Gasteiger partial charge is 0.501 e. The van der Waals surface area contributed by atoms with E-state index in [9.17, 15) is 39.6 Å². The molecule has 0 aromatic heterocycles. The number of sulfone groups is 1. The molecule has 4 aliphatic rings. The van der Waals surface area contributed by atoms with Gasteiger partial charge in [0.25, 0.3) is 25.8 Å². The molecule has 0 bridgehead atoms. The molecule has 400 valence electrons. The zero-order valence-corrected chi connectivity index (χ0v) is 45.4. The molecular formula is C53H64ClF3N6O8S3. The number of carbonyl (C=O) groups is 2. The third-order valence-electron chi connectivity index (χ3n) is 13.8. The van der Waals surface area contributed by atoms with Gasteiger partial charge in [0, 0.05) is 86.2 Å². The van der Waals surface area contributed by atoms with Crippen molar-refractivity contribution in [3.05, 3.63) is 113 Å². The maximum atomic E-state index is 14.4. The molecule has 2 atom stereocenters. The maximum absolute atomic E-state index is 14.4. The number of carbonyl (C=O) groups excluding carboxylic acids is 2. The predicted molar refractivity (Wildman–Crippen MR) is 283 cm³/mol. The minimum atomic E-state index is -6.13. The second kappa shape index (κ2) is 22.3. The number of sulfonamides is 1. The van der Waals surface area contributed by atoms with Crippen molar-refractivity contribution >= 4 is 72.2 Å². The van der Waals surface area contributed by atoms with Crippen molar-refractivity contribution in [1.82, 2.24) is 19.4 Å². The van der Waals surface area contributed by atoms with Crippen molar-refractivity contribution in [1.29, 1.82) is 0 Å². The van der Waals surface area contributed by atoms with E-state index in [1.165, 1.54) is 40.6 Å². The Morgan fingerprint density at radius 3 is 2.28 bits per heavy atom. The number of allylic oxidation sites excluding steroid dienone is 1. The highest BCUT2D eigenvalue weighted by Gasteiger charge is 2.49. The van der Waals surface area contributed by atoms with E-state index in [2.05, 4.69) is 46.0 Å². The Bertz CT molecular complexity index is 2950. The molecular weight excluding hydrogens is 1040 g/mol. The molecule has 4 aromatic rings. The summed E-state index contributed by atoms with van der Waals surface area (Å²) in [6.45, 7) is 15.6. The predicted octanol–water partition coefficient (Wildman–Crippen LogP) is 9.81. The minimum absolute atomic E-state index is 0.0124. The Morgan fingerprint density at radius 1 is 0.892 bits per heavy atom. The molecule has 1 aliphatic carbocycles. The fraction of sp³-hybridized carbons (Fsp3) is 0.472. The van der Waals surface area contributed by atoms with Crippen LogP contribution >= 0.6 is 23.4 Å². The number of halogens is 4. The quantitative estimate of drug-likeness (QED) is 0.109.